The molecule has 0 aromatic carbocycles. The van der Waals surface area contributed by atoms with E-state index in [4.69, 9.17) is 81.5 Å². The Hall–Kier alpha value is -1.76. The van der Waals surface area contributed by atoms with Crippen LogP contribution >= 0.6 is 57.0 Å². The van der Waals surface area contributed by atoms with Crippen molar-refractivity contribution < 1.29 is 111 Å². The molecule has 0 rings (SSSR count). The van der Waals surface area contributed by atoms with Gasteiger partial charge in [0.05, 0.1) is 52.9 Å². The number of aliphatic hydroxyl groups excluding tert-OH is 5. The van der Waals surface area contributed by atoms with Crippen LogP contribution in [0.5, 0.6) is 0 Å². The lowest BCUT2D eigenvalue weighted by Gasteiger charge is -2.01. The molecule has 0 bridgehead atoms. The van der Waals surface area contributed by atoms with E-state index in [-0.39, 0.29) is 97.2 Å². The van der Waals surface area contributed by atoms with Crippen molar-refractivity contribution in [3.63, 3.8) is 0 Å². The average Bonchev–Trinajstić information content (AvgIpc) is 2.98. The van der Waals surface area contributed by atoms with Gasteiger partial charge in [-0.1, -0.05) is 0 Å². The van der Waals surface area contributed by atoms with Crippen LogP contribution in [0.4, 0.5) is 0 Å². The molecule has 10 N–H and O–H groups in total. The highest BCUT2D eigenvalue weighted by molar-refractivity contribution is 8.26. The molecule has 23 nitrogen and oxygen atoms in total. The van der Waals surface area contributed by atoms with E-state index in [0.29, 0.717) is 0 Å². The lowest BCUT2D eigenvalue weighted by Crippen LogP contribution is -2.18. The quantitative estimate of drug-likeness (QED) is 0.0351. The third kappa shape index (κ3) is 149. The first-order valence-corrected chi connectivity index (χ1v) is 15.8. The number of aliphatic hydroxyl groups is 5. The van der Waals surface area contributed by atoms with Gasteiger partial charge in [-0.25, -0.2) is 23.4 Å². The summed E-state index contributed by atoms with van der Waals surface area (Å²) in [4.78, 5) is 58.9. The Labute approximate surface area is 315 Å². The third-order valence-corrected chi connectivity index (χ3v) is 2.53. The topological polar surface area (TPSA) is 393 Å². The van der Waals surface area contributed by atoms with Gasteiger partial charge in [0.25, 0.3) is 0 Å². The molecular formula is C20H39Cl5O23S2. The van der Waals surface area contributed by atoms with Crippen molar-refractivity contribution in [2.75, 3.05) is 92.5 Å². The smallest absolute Gasteiger partial charge is 0.341 e. The molecule has 0 unspecified atom stereocenters. The molecule has 0 aliphatic carbocycles. The Morgan fingerprint density at radius 1 is 0.560 bits per heavy atom. The van der Waals surface area contributed by atoms with Crippen LogP contribution in [0.1, 0.15) is 0 Å². The minimum atomic E-state index is -1.67. The third-order valence-electron chi connectivity index (χ3n) is 2.31. The fourth-order valence-corrected chi connectivity index (χ4v) is 1.22. The highest BCUT2D eigenvalue weighted by Crippen LogP contribution is 1.89. The molecule has 0 aromatic heterocycles. The molecule has 0 saturated heterocycles. The molecular weight excluding hydrogens is 850 g/mol. The first-order chi connectivity index (χ1) is 22.4. The van der Waals surface area contributed by atoms with Crippen molar-refractivity contribution in [1.29, 1.82) is 0 Å². The van der Waals surface area contributed by atoms with E-state index in [1.165, 1.54) is 0 Å². The Balaban J connectivity index is -0.0000000578. The van der Waals surface area contributed by atoms with Crippen LogP contribution in [0.2, 0.25) is 0 Å². The summed E-state index contributed by atoms with van der Waals surface area (Å²) in [7, 11) is 7.36. The maximum absolute atomic E-state index is 10.5. The van der Waals surface area contributed by atoms with Gasteiger partial charge < -0.3 is 70.0 Å². The van der Waals surface area contributed by atoms with Crippen LogP contribution in [-0.2, 0) is 73.2 Å². The Bertz CT molecular complexity index is 801. The molecule has 50 heavy (non-hydrogen) atoms. The number of carboxylic acid groups (broad SMARTS) is 3. The number of ether oxygens (including phenoxy) is 5. The first-order valence-electron chi connectivity index (χ1n) is 11.6. The number of hydrogen-bond donors (Lipinski definition) is 8. The number of rotatable bonds is 19. The van der Waals surface area contributed by atoms with Gasteiger partial charge in [-0.05, 0) is 23.2 Å². The molecule has 0 amide bonds. The summed E-state index contributed by atoms with van der Waals surface area (Å²) in [6.45, 7) is -2.39. The van der Waals surface area contributed by atoms with Crippen molar-refractivity contribution in [3.05, 3.63) is 0 Å². The zero-order chi connectivity index (χ0) is 39.2. The monoisotopic (exact) mass is 886 g/mol. The molecule has 0 aliphatic rings. The molecule has 30 heteroatoms. The summed E-state index contributed by atoms with van der Waals surface area (Å²) in [5.74, 6) is -4.18. The van der Waals surface area contributed by atoms with Gasteiger partial charge in [0, 0.05) is 21.4 Å². The second-order valence-electron chi connectivity index (χ2n) is 6.07. The van der Waals surface area contributed by atoms with Gasteiger partial charge in [0.15, 0.2) is 6.61 Å². The zero-order valence-corrected chi connectivity index (χ0v) is 30.9. The summed E-state index contributed by atoms with van der Waals surface area (Å²) in [5, 5.41) is 62.4. The highest BCUT2D eigenvalue weighted by Gasteiger charge is 2.05. The number of carbonyl (C=O) groups excluding carboxylic acids is 3. The van der Waals surface area contributed by atoms with Crippen molar-refractivity contribution in [3.8, 4) is 0 Å². The van der Waals surface area contributed by atoms with Gasteiger partial charge in [0.1, 0.15) is 33.0 Å². The number of hydrogen-bond acceptors (Lipinski definition) is 19. The molecule has 0 aliphatic heterocycles. The van der Waals surface area contributed by atoms with Crippen LogP contribution in [0.3, 0.4) is 0 Å². The van der Waals surface area contributed by atoms with E-state index < -0.39 is 68.4 Å². The molecule has 0 radical (unpaired) electrons. The number of carbonyl (C=O) groups is 6. The zero-order valence-electron chi connectivity index (χ0n) is 25.4. The molecule has 0 fully saturated rings. The van der Waals surface area contributed by atoms with Crippen molar-refractivity contribution in [2.24, 2.45) is 0 Å². The number of halogens is 5. The SMILES string of the molecule is Cl.O.O=C(Cl)COCCO.O=C(Cl)COCCO.O=C(O)CO.O=C(O)COC(=O)COCCO.O=C(O)COCCO.O=S(Cl)Cl.O=S=O. The fraction of sp³-hybridized carbons (Fsp3) is 0.700. The summed E-state index contributed by atoms with van der Waals surface area (Å²) in [6, 6.07) is 0. The number of aliphatic carboxylic acids is 3. The Kier molecular flexibility index (Phi) is 91.7. The minimum absolute atomic E-state index is 0. The van der Waals surface area contributed by atoms with Crippen molar-refractivity contribution in [1.82, 2.24) is 0 Å². The van der Waals surface area contributed by atoms with Crippen LogP contribution in [0, 0.1) is 0 Å². The maximum atomic E-state index is 10.5. The maximum Gasteiger partial charge on any atom is 0.341 e. The molecule has 0 spiro atoms. The predicted octanol–water partition coefficient (Wildman–Crippen LogP) is -3.74. The van der Waals surface area contributed by atoms with E-state index in [1.807, 2.05) is 0 Å². The second-order valence-corrected chi connectivity index (χ2v) is 9.57. The number of esters is 1. The van der Waals surface area contributed by atoms with E-state index in [2.05, 4.69) is 45.0 Å². The van der Waals surface area contributed by atoms with E-state index in [9.17, 15) is 24.0 Å². The van der Waals surface area contributed by atoms with Crippen LogP contribution < -0.4 is 0 Å². The van der Waals surface area contributed by atoms with Crippen LogP contribution in [-0.4, -0.2) is 186 Å². The summed E-state index contributed by atoms with van der Waals surface area (Å²) < 4.78 is 47.9. The summed E-state index contributed by atoms with van der Waals surface area (Å²) in [6.07, 6.45) is 0. The van der Waals surface area contributed by atoms with Gasteiger partial charge in [0.2, 0.25) is 19.7 Å². The van der Waals surface area contributed by atoms with Crippen molar-refractivity contribution in [2.45, 2.75) is 0 Å². The Morgan fingerprint density at radius 3 is 1.00 bits per heavy atom. The first kappa shape index (κ1) is 69.9. The van der Waals surface area contributed by atoms with E-state index in [0.717, 1.165) is 0 Å². The lowest BCUT2D eigenvalue weighted by molar-refractivity contribution is -0.158. The highest BCUT2D eigenvalue weighted by atomic mass is 36.0. The molecule has 0 saturated carbocycles. The van der Waals surface area contributed by atoms with Gasteiger partial charge >= 0.3 is 35.4 Å². The normalized spacial score (nSPS) is 8.36. The van der Waals surface area contributed by atoms with E-state index in [1.54, 1.807) is 0 Å². The van der Waals surface area contributed by atoms with E-state index >= 15 is 0 Å². The predicted molar refractivity (Wildman–Crippen MR) is 174 cm³/mol. The van der Waals surface area contributed by atoms with Gasteiger partial charge in [-0.2, -0.15) is 8.42 Å². The summed E-state index contributed by atoms with van der Waals surface area (Å²) in [5.41, 5.74) is 0. The second kappa shape index (κ2) is 65.6. The summed E-state index contributed by atoms with van der Waals surface area (Å²) >= 11 is 8.99. The molecule has 0 atom stereocenters. The average molecular weight is 889 g/mol. The largest absolute Gasteiger partial charge is 0.480 e. The standard InChI is InChI=1S/C6H10O6.2C4H7ClO3.C4H8O4.C2H4O3.Cl2OS.ClH.O2S.H2O/c7-1-2-11-4-6(10)12-3-5(8)9;2*5-4(7)3-8-2-1-6;5-1-2-8-3-4(6)7;3-1-2(4)5;1-4(2)3;;1-3-2;/h7H,1-4H2,(H,8,9);2*6H,1-3H2;5H,1-3H2,(H,6,7);3H,1H2,(H,4,5);;1H;;1H2. The molecule has 0 heterocycles. The lowest BCUT2D eigenvalue weighted by atomic mass is 10.7. The van der Waals surface area contributed by atoms with Gasteiger partial charge in [-0.15, -0.1) is 12.4 Å². The number of carboxylic acids is 3. The van der Waals surface area contributed by atoms with Crippen LogP contribution in [0.15, 0.2) is 0 Å². The fourth-order valence-electron chi connectivity index (χ4n) is 1.06. The van der Waals surface area contributed by atoms with Crippen molar-refractivity contribution >= 4 is 112 Å². The minimum Gasteiger partial charge on any atom is -0.480 e. The molecule has 304 valence electrons. The van der Waals surface area contributed by atoms with Crippen LogP contribution in [0.25, 0.3) is 0 Å². The molecule has 0 aromatic rings. The Morgan fingerprint density at radius 2 is 0.800 bits per heavy atom. The van der Waals surface area contributed by atoms with Gasteiger partial charge in [-0.3, -0.25) is 9.59 Å².